The van der Waals surface area contributed by atoms with Gasteiger partial charge >= 0.3 is 0 Å². The third-order valence-electron chi connectivity index (χ3n) is 10.5. The van der Waals surface area contributed by atoms with Crippen LogP contribution in [0, 0.1) is 11.8 Å². The van der Waals surface area contributed by atoms with E-state index in [1.165, 1.54) is 41.5 Å². The number of thiophene rings is 1. The summed E-state index contributed by atoms with van der Waals surface area (Å²) < 4.78 is 0. The van der Waals surface area contributed by atoms with Crippen molar-refractivity contribution in [3.05, 3.63) is 123 Å². The molecule has 1 aliphatic heterocycles. The average Bonchev–Trinajstić information content (AvgIpc) is 3.58. The highest BCUT2D eigenvalue weighted by molar-refractivity contribution is 7.10. The molecule has 0 radical (unpaired) electrons. The molecule has 6 aromatic carbocycles. The Bertz CT molecular complexity index is 2440. The lowest BCUT2D eigenvalue weighted by atomic mass is 9.83. The first-order chi connectivity index (χ1) is 24.3. The summed E-state index contributed by atoms with van der Waals surface area (Å²) in [6.07, 6.45) is 6.18. The van der Waals surface area contributed by atoms with Crippen LogP contribution in [0.1, 0.15) is 120 Å². The van der Waals surface area contributed by atoms with E-state index in [0.717, 1.165) is 71.4 Å². The molecular weight excluding hydrogens is 631 g/mol. The van der Waals surface area contributed by atoms with Crippen LogP contribution >= 0.6 is 11.3 Å². The molecule has 50 heavy (non-hydrogen) atoms. The predicted molar refractivity (Wildman–Crippen MR) is 212 cm³/mol. The summed E-state index contributed by atoms with van der Waals surface area (Å²) in [6.45, 7) is 10.7. The quantitative estimate of drug-likeness (QED) is 0.0530. The summed E-state index contributed by atoms with van der Waals surface area (Å²) in [7, 11) is 0. The standard InChI is InChI=1S/C46H41NO2S/c1-6-7-8-9-12-29-25-31(50-26-29)19-17-30-18-20-36-38-22-24-40-43-39(23-21-37(42(38)43)35-16-11-15-34(30)41(35)36)45(48)47(46(40)49)44-32(27(2)3)13-10-14-33(44)28(4)5/h10-11,13-16,18,20-28H,6-9,12H2,1-5H3. The molecule has 0 atom stereocenters. The van der Waals surface area contributed by atoms with E-state index < -0.39 is 0 Å². The Hall–Kier alpha value is -4.98. The van der Waals surface area contributed by atoms with E-state index in [1.807, 2.05) is 30.3 Å². The number of carbonyl (C=O) groups excluding carboxylic acids is 2. The highest BCUT2D eigenvalue weighted by atomic mass is 32.1. The van der Waals surface area contributed by atoms with Gasteiger partial charge in [-0.3, -0.25) is 9.59 Å². The fourth-order valence-corrected chi connectivity index (χ4v) is 8.82. The van der Waals surface area contributed by atoms with Gasteiger partial charge in [-0.2, -0.15) is 0 Å². The maximum atomic E-state index is 14.5. The second-order valence-corrected chi connectivity index (χ2v) is 15.3. The van der Waals surface area contributed by atoms with Crippen LogP contribution in [0.4, 0.5) is 5.69 Å². The maximum Gasteiger partial charge on any atom is 0.266 e. The SMILES string of the molecule is CCCCCCc1csc(C#Cc2ccc3c4ccc5c6c(ccc(c7cccc2c73)c64)C(=O)N(c2c(C(C)C)cccc2C(C)C)C5=O)c1. The van der Waals surface area contributed by atoms with Gasteiger partial charge in [0.25, 0.3) is 11.8 Å². The molecule has 0 aliphatic carbocycles. The number of unbranched alkanes of at least 4 members (excludes halogenated alkanes) is 3. The van der Waals surface area contributed by atoms with Crippen LogP contribution in [0.2, 0.25) is 0 Å². The number of carbonyl (C=O) groups is 2. The van der Waals surface area contributed by atoms with Gasteiger partial charge in [0.05, 0.1) is 10.6 Å². The second kappa shape index (κ2) is 12.7. The van der Waals surface area contributed by atoms with E-state index in [4.69, 9.17) is 0 Å². The first-order valence-corrected chi connectivity index (χ1v) is 18.9. The summed E-state index contributed by atoms with van der Waals surface area (Å²) in [5.74, 6) is 6.75. The number of hydrogen-bond acceptors (Lipinski definition) is 3. The van der Waals surface area contributed by atoms with E-state index in [0.29, 0.717) is 11.1 Å². The van der Waals surface area contributed by atoms with Crippen LogP contribution in [0.15, 0.2) is 84.2 Å². The molecule has 0 fully saturated rings. The number of imide groups is 1. The molecule has 1 aliphatic rings. The van der Waals surface area contributed by atoms with Crippen molar-refractivity contribution in [2.45, 2.75) is 78.6 Å². The number of aryl methyl sites for hydroxylation is 1. The molecule has 0 saturated heterocycles. The third-order valence-corrected chi connectivity index (χ3v) is 11.4. The van der Waals surface area contributed by atoms with Crippen molar-refractivity contribution in [2.24, 2.45) is 0 Å². The van der Waals surface area contributed by atoms with Crippen molar-refractivity contribution in [3.8, 4) is 11.8 Å². The highest BCUT2D eigenvalue weighted by Gasteiger charge is 2.38. The summed E-state index contributed by atoms with van der Waals surface area (Å²) in [6, 6.07) is 27.1. The van der Waals surface area contributed by atoms with Gasteiger partial charge in [-0.1, -0.05) is 120 Å². The minimum absolute atomic E-state index is 0.149. The summed E-state index contributed by atoms with van der Waals surface area (Å²) in [4.78, 5) is 31.6. The zero-order valence-corrected chi connectivity index (χ0v) is 30.3. The number of benzene rings is 6. The van der Waals surface area contributed by atoms with Crippen molar-refractivity contribution in [3.63, 3.8) is 0 Å². The zero-order valence-electron chi connectivity index (χ0n) is 29.4. The van der Waals surface area contributed by atoms with Crippen LogP contribution in [0.3, 0.4) is 0 Å². The van der Waals surface area contributed by atoms with Crippen molar-refractivity contribution in [1.82, 2.24) is 0 Å². The topological polar surface area (TPSA) is 37.4 Å². The number of fused-ring (bicyclic) bond motifs is 2. The van der Waals surface area contributed by atoms with Gasteiger partial charge in [-0.15, -0.1) is 11.3 Å². The van der Waals surface area contributed by atoms with Crippen LogP contribution in [-0.4, -0.2) is 11.8 Å². The fourth-order valence-electron chi connectivity index (χ4n) is 8.03. The van der Waals surface area contributed by atoms with E-state index >= 15 is 0 Å². The monoisotopic (exact) mass is 671 g/mol. The van der Waals surface area contributed by atoms with Gasteiger partial charge in [-0.25, -0.2) is 4.90 Å². The number of hydrogen-bond donors (Lipinski definition) is 0. The molecule has 0 N–H and O–H groups in total. The maximum absolute atomic E-state index is 14.5. The Labute approximate surface area is 298 Å². The van der Waals surface area contributed by atoms with Crippen LogP contribution in [0.25, 0.3) is 43.1 Å². The molecule has 2 heterocycles. The van der Waals surface area contributed by atoms with Gasteiger partial charge in [0.1, 0.15) is 0 Å². The number of amides is 2. The largest absolute Gasteiger partial charge is 0.268 e. The first-order valence-electron chi connectivity index (χ1n) is 18.1. The summed E-state index contributed by atoms with van der Waals surface area (Å²) in [5.41, 5.74) is 6.29. The molecule has 0 spiro atoms. The second-order valence-electron chi connectivity index (χ2n) is 14.4. The Balaban J connectivity index is 1.26. The molecular formula is C46H41NO2S. The Morgan fingerprint density at radius 1 is 0.640 bits per heavy atom. The van der Waals surface area contributed by atoms with Crippen molar-refractivity contribution in [2.75, 3.05) is 4.90 Å². The van der Waals surface area contributed by atoms with Gasteiger partial charge in [-0.05, 0) is 109 Å². The Kier molecular flexibility index (Phi) is 8.20. The number of rotatable bonds is 8. The van der Waals surface area contributed by atoms with Crippen LogP contribution in [0.5, 0.6) is 0 Å². The molecule has 3 nitrogen and oxygen atoms in total. The lowest BCUT2D eigenvalue weighted by molar-refractivity contribution is 0.0893. The molecule has 0 saturated carbocycles. The molecule has 8 rings (SSSR count). The van der Waals surface area contributed by atoms with E-state index in [9.17, 15) is 9.59 Å². The van der Waals surface area contributed by atoms with Gasteiger partial charge in [0, 0.05) is 22.1 Å². The minimum atomic E-state index is -0.256. The molecule has 1 aromatic heterocycles. The molecule has 248 valence electrons. The zero-order chi connectivity index (χ0) is 34.7. The summed E-state index contributed by atoms with van der Waals surface area (Å²) >= 11 is 1.73. The average molecular weight is 672 g/mol. The third kappa shape index (κ3) is 5.10. The normalized spacial score (nSPS) is 13.1. The van der Waals surface area contributed by atoms with E-state index in [1.54, 1.807) is 11.3 Å². The minimum Gasteiger partial charge on any atom is -0.268 e. The van der Waals surface area contributed by atoms with Gasteiger partial charge in [0.15, 0.2) is 0 Å². The highest BCUT2D eigenvalue weighted by Crippen LogP contribution is 2.46. The van der Waals surface area contributed by atoms with Crippen molar-refractivity contribution in [1.29, 1.82) is 0 Å². The molecule has 4 heteroatoms. The van der Waals surface area contributed by atoms with E-state index in [2.05, 4.69) is 100 Å². The van der Waals surface area contributed by atoms with Gasteiger partial charge in [0.2, 0.25) is 0 Å². The smallest absolute Gasteiger partial charge is 0.266 e. The molecule has 0 bridgehead atoms. The molecule has 7 aromatic rings. The summed E-state index contributed by atoms with van der Waals surface area (Å²) in [5, 5.41) is 10.6. The Morgan fingerprint density at radius 2 is 1.24 bits per heavy atom. The van der Waals surface area contributed by atoms with Gasteiger partial charge < -0.3 is 0 Å². The Morgan fingerprint density at radius 3 is 1.90 bits per heavy atom. The van der Waals surface area contributed by atoms with Crippen molar-refractivity contribution >= 4 is 71.9 Å². The first kappa shape index (κ1) is 32.2. The lowest BCUT2D eigenvalue weighted by Gasteiger charge is -2.32. The predicted octanol–water partition coefficient (Wildman–Crippen LogP) is 12.4. The lowest BCUT2D eigenvalue weighted by Crippen LogP contribution is -2.41. The number of nitrogens with zero attached hydrogens (tertiary/aromatic N) is 1. The molecule has 0 unspecified atom stereocenters. The number of para-hydroxylation sites is 1. The fraction of sp³-hybridized carbons (Fsp3) is 0.261. The van der Waals surface area contributed by atoms with E-state index in [-0.39, 0.29) is 23.7 Å². The number of anilines is 1. The van der Waals surface area contributed by atoms with Crippen LogP contribution < -0.4 is 4.90 Å². The van der Waals surface area contributed by atoms with Crippen molar-refractivity contribution < 1.29 is 9.59 Å². The molecule has 2 amide bonds. The van der Waals surface area contributed by atoms with Crippen LogP contribution in [-0.2, 0) is 6.42 Å².